The van der Waals surface area contributed by atoms with E-state index in [0.717, 1.165) is 28.6 Å². The minimum absolute atomic E-state index is 0.0836. The summed E-state index contributed by atoms with van der Waals surface area (Å²) in [6.45, 7) is 12.1. The van der Waals surface area contributed by atoms with Gasteiger partial charge in [0.1, 0.15) is 5.75 Å². The molecule has 0 saturated heterocycles. The quantitative estimate of drug-likeness (QED) is 0.453. The highest BCUT2D eigenvalue weighted by Crippen LogP contribution is 2.43. The molecule has 1 heterocycles. The van der Waals surface area contributed by atoms with E-state index < -0.39 is 0 Å². The first kappa shape index (κ1) is 22.3. The van der Waals surface area contributed by atoms with E-state index >= 15 is 0 Å². The third-order valence-corrected chi connectivity index (χ3v) is 6.19. The predicted octanol–water partition coefficient (Wildman–Crippen LogP) is 5.40. The highest BCUT2D eigenvalue weighted by molar-refractivity contribution is 9.10. The van der Waals surface area contributed by atoms with Crippen LogP contribution in [0.2, 0.25) is 0 Å². The maximum atomic E-state index is 12.0. The van der Waals surface area contributed by atoms with Gasteiger partial charge in [-0.05, 0) is 93.1 Å². The zero-order chi connectivity index (χ0) is 21.9. The SMILES string of the molecule is CCN1c2cc(C)c(/C=N\NC(=O)COc3ccc(Br)cc3)cc2[C@@H](C)CC1(C)C. The Hall–Kier alpha value is -2.34. The number of rotatable bonds is 6. The van der Waals surface area contributed by atoms with E-state index in [-0.39, 0.29) is 18.1 Å². The molecule has 1 N–H and O–H groups in total. The largest absolute Gasteiger partial charge is 0.484 e. The van der Waals surface area contributed by atoms with Crippen molar-refractivity contribution in [3.8, 4) is 5.75 Å². The zero-order valence-electron chi connectivity index (χ0n) is 18.3. The Balaban J connectivity index is 1.66. The van der Waals surface area contributed by atoms with Crippen LogP contribution in [0.1, 0.15) is 56.7 Å². The van der Waals surface area contributed by atoms with Crippen LogP contribution < -0.4 is 15.1 Å². The molecule has 0 saturated carbocycles. The summed E-state index contributed by atoms with van der Waals surface area (Å²) in [6, 6.07) is 11.8. The first-order valence-electron chi connectivity index (χ1n) is 10.3. The molecule has 0 bridgehead atoms. The number of hydrogen-bond acceptors (Lipinski definition) is 4. The van der Waals surface area contributed by atoms with Gasteiger partial charge in [-0.3, -0.25) is 4.79 Å². The Kier molecular flexibility index (Phi) is 6.86. The maximum Gasteiger partial charge on any atom is 0.277 e. The number of benzene rings is 2. The summed E-state index contributed by atoms with van der Waals surface area (Å²) in [5, 5.41) is 4.14. The molecule has 0 aliphatic carbocycles. The Morgan fingerprint density at radius 2 is 2.03 bits per heavy atom. The summed E-state index contributed by atoms with van der Waals surface area (Å²) in [5.41, 5.74) is 7.50. The number of nitrogens with one attached hydrogen (secondary N) is 1. The lowest BCUT2D eigenvalue weighted by Gasteiger charge is -2.47. The maximum absolute atomic E-state index is 12.0. The molecule has 0 spiro atoms. The van der Waals surface area contributed by atoms with Gasteiger partial charge in [0.25, 0.3) is 5.91 Å². The highest BCUT2D eigenvalue weighted by atomic mass is 79.9. The average Bonchev–Trinajstić information content (AvgIpc) is 2.68. The van der Waals surface area contributed by atoms with E-state index in [4.69, 9.17) is 4.74 Å². The normalized spacial score (nSPS) is 17.7. The number of hydrazone groups is 1. The van der Waals surface area contributed by atoms with Crippen LogP contribution in [0.3, 0.4) is 0 Å². The van der Waals surface area contributed by atoms with E-state index in [1.54, 1.807) is 18.3 Å². The second-order valence-electron chi connectivity index (χ2n) is 8.47. The number of carbonyl (C=O) groups excluding carboxylic acids is 1. The van der Waals surface area contributed by atoms with Crippen LogP contribution in [0.25, 0.3) is 0 Å². The fourth-order valence-corrected chi connectivity index (χ4v) is 4.54. The Morgan fingerprint density at radius 3 is 2.70 bits per heavy atom. The van der Waals surface area contributed by atoms with E-state index in [0.29, 0.717) is 11.7 Å². The Bertz CT molecular complexity index is 938. The molecule has 0 aromatic heterocycles. The van der Waals surface area contributed by atoms with E-state index in [2.05, 4.69) is 78.1 Å². The van der Waals surface area contributed by atoms with Crippen molar-refractivity contribution < 1.29 is 9.53 Å². The summed E-state index contributed by atoms with van der Waals surface area (Å²) in [5.74, 6) is 0.816. The highest BCUT2D eigenvalue weighted by Gasteiger charge is 2.35. The molecule has 0 unspecified atom stereocenters. The molecule has 0 fully saturated rings. The van der Waals surface area contributed by atoms with Gasteiger partial charge in [-0.2, -0.15) is 5.10 Å². The molecule has 160 valence electrons. The van der Waals surface area contributed by atoms with Crippen LogP contribution in [0.15, 0.2) is 46.0 Å². The van der Waals surface area contributed by atoms with Gasteiger partial charge in [0.2, 0.25) is 0 Å². The van der Waals surface area contributed by atoms with Gasteiger partial charge in [0.05, 0.1) is 6.21 Å². The number of carbonyl (C=O) groups is 1. The smallest absolute Gasteiger partial charge is 0.277 e. The van der Waals surface area contributed by atoms with Crippen LogP contribution in [-0.2, 0) is 4.79 Å². The van der Waals surface area contributed by atoms with Gasteiger partial charge >= 0.3 is 0 Å². The number of nitrogens with zero attached hydrogens (tertiary/aromatic N) is 2. The third-order valence-electron chi connectivity index (χ3n) is 5.67. The first-order chi connectivity index (χ1) is 14.2. The molecule has 5 nitrogen and oxygen atoms in total. The number of halogens is 1. The molecule has 1 amide bonds. The molecular formula is C24H30BrN3O2. The lowest BCUT2D eigenvalue weighted by molar-refractivity contribution is -0.123. The summed E-state index contributed by atoms with van der Waals surface area (Å²) < 4.78 is 6.43. The molecule has 1 atom stereocenters. The molecule has 3 rings (SSSR count). The average molecular weight is 472 g/mol. The van der Waals surface area contributed by atoms with E-state index in [1.165, 1.54) is 11.3 Å². The van der Waals surface area contributed by atoms with Crippen LogP contribution in [0, 0.1) is 6.92 Å². The van der Waals surface area contributed by atoms with Gasteiger partial charge in [0, 0.05) is 22.2 Å². The Morgan fingerprint density at radius 1 is 1.33 bits per heavy atom. The molecule has 0 radical (unpaired) electrons. The van der Waals surface area contributed by atoms with E-state index in [1.807, 2.05) is 12.1 Å². The minimum atomic E-state index is -0.294. The number of amides is 1. The van der Waals surface area contributed by atoms with Crippen molar-refractivity contribution >= 4 is 33.7 Å². The minimum Gasteiger partial charge on any atom is -0.484 e. The zero-order valence-corrected chi connectivity index (χ0v) is 19.9. The topological polar surface area (TPSA) is 53.9 Å². The number of fused-ring (bicyclic) bond motifs is 1. The monoisotopic (exact) mass is 471 g/mol. The van der Waals surface area contributed by atoms with Gasteiger partial charge in [-0.25, -0.2) is 5.43 Å². The van der Waals surface area contributed by atoms with Crippen molar-refractivity contribution in [2.75, 3.05) is 18.1 Å². The van der Waals surface area contributed by atoms with Crippen molar-refractivity contribution in [3.63, 3.8) is 0 Å². The molecule has 6 heteroatoms. The predicted molar refractivity (Wildman–Crippen MR) is 127 cm³/mol. The second kappa shape index (κ2) is 9.21. The molecule has 2 aromatic rings. The first-order valence-corrected chi connectivity index (χ1v) is 11.1. The fraction of sp³-hybridized carbons (Fsp3) is 0.417. The van der Waals surface area contributed by atoms with Crippen LogP contribution in [0.5, 0.6) is 5.75 Å². The summed E-state index contributed by atoms with van der Waals surface area (Å²) >= 11 is 3.37. The van der Waals surface area contributed by atoms with Gasteiger partial charge in [0.15, 0.2) is 6.61 Å². The lowest BCUT2D eigenvalue weighted by Crippen LogP contribution is -2.48. The lowest BCUT2D eigenvalue weighted by atomic mass is 9.79. The molecule has 30 heavy (non-hydrogen) atoms. The van der Waals surface area contributed by atoms with Crippen LogP contribution in [-0.4, -0.2) is 30.8 Å². The summed E-state index contributed by atoms with van der Waals surface area (Å²) in [6.07, 6.45) is 2.83. The molecule has 2 aromatic carbocycles. The summed E-state index contributed by atoms with van der Waals surface area (Å²) in [7, 11) is 0. The van der Waals surface area contributed by atoms with Crippen LogP contribution >= 0.6 is 15.9 Å². The molecule has 1 aliphatic heterocycles. The van der Waals surface area contributed by atoms with Crippen molar-refractivity contribution in [1.82, 2.24) is 5.43 Å². The van der Waals surface area contributed by atoms with Crippen molar-refractivity contribution in [2.24, 2.45) is 5.10 Å². The van der Waals surface area contributed by atoms with Crippen molar-refractivity contribution in [3.05, 3.63) is 57.6 Å². The van der Waals surface area contributed by atoms with Crippen molar-refractivity contribution in [1.29, 1.82) is 0 Å². The fourth-order valence-electron chi connectivity index (χ4n) is 4.27. The second-order valence-corrected chi connectivity index (χ2v) is 9.38. The Labute approximate surface area is 187 Å². The van der Waals surface area contributed by atoms with Gasteiger partial charge in [-0.1, -0.05) is 22.9 Å². The summed E-state index contributed by atoms with van der Waals surface area (Å²) in [4.78, 5) is 14.5. The number of anilines is 1. The van der Waals surface area contributed by atoms with Gasteiger partial charge < -0.3 is 9.64 Å². The molecular weight excluding hydrogens is 442 g/mol. The van der Waals surface area contributed by atoms with Gasteiger partial charge in [-0.15, -0.1) is 0 Å². The molecule has 1 aliphatic rings. The van der Waals surface area contributed by atoms with Crippen LogP contribution in [0.4, 0.5) is 5.69 Å². The number of aryl methyl sites for hydroxylation is 1. The standard InChI is InChI=1S/C24H30BrN3O2/c1-6-28-22-11-16(2)18(12-21(22)17(3)13-24(28,4)5)14-26-27-23(29)15-30-20-9-7-19(25)8-10-20/h7-12,14,17H,6,13,15H2,1-5H3,(H,27,29)/b26-14-/t17-/m0/s1. The number of hydrogen-bond donors (Lipinski definition) is 1. The number of ether oxygens (including phenoxy) is 1. The van der Waals surface area contributed by atoms with E-state index in [9.17, 15) is 4.79 Å². The van der Waals surface area contributed by atoms with Crippen molar-refractivity contribution in [2.45, 2.75) is 52.5 Å². The third kappa shape index (κ3) is 5.04.